The zero-order chi connectivity index (χ0) is 29.2. The van der Waals surface area contributed by atoms with Crippen molar-refractivity contribution < 1.29 is 23.8 Å². The van der Waals surface area contributed by atoms with Gasteiger partial charge in [0.05, 0.1) is 25.8 Å². The summed E-state index contributed by atoms with van der Waals surface area (Å²) in [5, 5.41) is 17.4. The van der Waals surface area contributed by atoms with Gasteiger partial charge in [0.15, 0.2) is 0 Å². The number of hydrogen-bond acceptors (Lipinski definition) is 6. The highest BCUT2D eigenvalue weighted by Crippen LogP contribution is 2.15. The van der Waals surface area contributed by atoms with E-state index in [4.69, 9.17) is 9.15 Å². The Labute approximate surface area is 241 Å². The number of nitrogens with one attached hydrogen (secondary N) is 2. The number of aliphatic hydroxyl groups is 1. The van der Waals surface area contributed by atoms with E-state index in [0.717, 1.165) is 22.6 Å². The summed E-state index contributed by atoms with van der Waals surface area (Å²) in [6, 6.07) is 27.2. The maximum atomic E-state index is 13.4. The van der Waals surface area contributed by atoms with E-state index in [1.807, 2.05) is 73.7 Å². The largest absolute Gasteiger partial charge is 0.497 e. The lowest BCUT2D eigenvalue weighted by atomic mass is 10.00. The first-order chi connectivity index (χ1) is 19.8. The number of ether oxygens (including phenoxy) is 1. The highest BCUT2D eigenvalue weighted by molar-refractivity contribution is 5.99. The molecule has 0 saturated carbocycles. The molecule has 4 rings (SSSR count). The number of methoxy groups -OCH3 is 1. The number of amides is 2. The zero-order valence-electron chi connectivity index (χ0n) is 23.7. The zero-order valence-corrected chi connectivity index (χ0v) is 23.7. The minimum Gasteiger partial charge on any atom is -0.497 e. The molecule has 0 saturated heterocycles. The molecule has 0 unspecified atom stereocenters. The number of rotatable bonds is 13. The topological polar surface area (TPSA) is 104 Å². The molecule has 1 aromatic heterocycles. The van der Waals surface area contributed by atoms with Gasteiger partial charge in [-0.2, -0.15) is 0 Å². The summed E-state index contributed by atoms with van der Waals surface area (Å²) >= 11 is 0. The molecule has 8 heteroatoms. The van der Waals surface area contributed by atoms with Crippen LogP contribution >= 0.6 is 0 Å². The maximum Gasteiger partial charge on any atom is 0.254 e. The molecule has 41 heavy (non-hydrogen) atoms. The van der Waals surface area contributed by atoms with Gasteiger partial charge in [0.1, 0.15) is 17.3 Å². The van der Waals surface area contributed by atoms with Gasteiger partial charge in [-0.3, -0.25) is 9.59 Å². The molecule has 0 bridgehead atoms. The SMILES string of the molecule is COc1cccc(CNC[C@@H](O)[C@H](Cc2ccccc2)NC(=O)c2cccc(C(=O)N(C)Cc3ccc(C)o3)c2)c1. The minimum atomic E-state index is -0.863. The predicted molar refractivity (Wildman–Crippen MR) is 158 cm³/mol. The van der Waals surface area contributed by atoms with E-state index in [1.54, 1.807) is 43.3 Å². The van der Waals surface area contributed by atoms with Crippen molar-refractivity contribution in [1.29, 1.82) is 0 Å². The molecule has 2 amide bonds. The summed E-state index contributed by atoms with van der Waals surface area (Å²) in [6.07, 6.45) is -0.420. The molecule has 3 aromatic carbocycles. The third-order valence-electron chi connectivity index (χ3n) is 6.80. The van der Waals surface area contributed by atoms with Gasteiger partial charge in [0, 0.05) is 31.3 Å². The van der Waals surface area contributed by atoms with E-state index < -0.39 is 12.1 Å². The van der Waals surface area contributed by atoms with Crippen LogP contribution in [0.2, 0.25) is 0 Å². The van der Waals surface area contributed by atoms with Crippen molar-refractivity contribution in [3.05, 3.63) is 125 Å². The fourth-order valence-corrected chi connectivity index (χ4v) is 4.58. The van der Waals surface area contributed by atoms with Gasteiger partial charge in [-0.1, -0.05) is 48.5 Å². The van der Waals surface area contributed by atoms with Crippen LogP contribution in [0.15, 0.2) is 95.4 Å². The van der Waals surface area contributed by atoms with Crippen LogP contribution in [-0.2, 0) is 19.5 Å². The van der Waals surface area contributed by atoms with Crippen LogP contribution in [0.4, 0.5) is 0 Å². The molecule has 1 heterocycles. The van der Waals surface area contributed by atoms with Gasteiger partial charge in [-0.05, 0) is 66.9 Å². The lowest BCUT2D eigenvalue weighted by Gasteiger charge is -2.25. The second-order valence-electron chi connectivity index (χ2n) is 10.1. The molecule has 0 aliphatic rings. The standard InChI is InChI=1S/C33H37N3O5/c1-23-15-16-29(41-23)22-36(2)33(39)27-13-8-12-26(19-27)32(38)35-30(18-24-9-5-4-6-10-24)31(37)21-34-20-25-11-7-14-28(17-25)40-3/h4-17,19,30-31,34,37H,18,20-22H2,1-3H3,(H,35,38)/t30-,31+/m0/s1. The van der Waals surface area contributed by atoms with Crippen molar-refractivity contribution in [3.63, 3.8) is 0 Å². The average molecular weight is 556 g/mol. The average Bonchev–Trinajstić information content (AvgIpc) is 3.41. The fraction of sp³-hybridized carbons (Fsp3) is 0.273. The van der Waals surface area contributed by atoms with Crippen molar-refractivity contribution in [2.75, 3.05) is 20.7 Å². The van der Waals surface area contributed by atoms with Crippen molar-refractivity contribution in [1.82, 2.24) is 15.5 Å². The van der Waals surface area contributed by atoms with E-state index >= 15 is 0 Å². The van der Waals surface area contributed by atoms with Gasteiger partial charge in [-0.25, -0.2) is 0 Å². The molecule has 0 radical (unpaired) electrons. The van der Waals surface area contributed by atoms with E-state index in [9.17, 15) is 14.7 Å². The van der Waals surface area contributed by atoms with Crippen LogP contribution in [0.25, 0.3) is 0 Å². The molecular weight excluding hydrogens is 518 g/mol. The Morgan fingerprint density at radius 1 is 0.927 bits per heavy atom. The van der Waals surface area contributed by atoms with Crippen LogP contribution in [-0.4, -0.2) is 54.7 Å². The van der Waals surface area contributed by atoms with Crippen molar-refractivity contribution in [3.8, 4) is 5.75 Å². The molecule has 2 atom stereocenters. The van der Waals surface area contributed by atoms with Gasteiger partial charge in [0.25, 0.3) is 11.8 Å². The Bertz CT molecular complexity index is 1440. The number of carbonyl (C=O) groups is 2. The number of benzene rings is 3. The van der Waals surface area contributed by atoms with Crippen molar-refractivity contribution in [2.45, 2.75) is 38.6 Å². The second-order valence-corrected chi connectivity index (χ2v) is 10.1. The molecule has 214 valence electrons. The van der Waals surface area contributed by atoms with E-state index in [1.165, 1.54) is 0 Å². The van der Waals surface area contributed by atoms with E-state index in [-0.39, 0.29) is 18.4 Å². The lowest BCUT2D eigenvalue weighted by Crippen LogP contribution is -2.48. The van der Waals surface area contributed by atoms with Crippen LogP contribution in [0.1, 0.15) is 43.4 Å². The second kappa shape index (κ2) is 14.3. The number of carbonyl (C=O) groups excluding carboxylic acids is 2. The van der Waals surface area contributed by atoms with Crippen LogP contribution in [0, 0.1) is 6.92 Å². The van der Waals surface area contributed by atoms with Gasteiger partial charge < -0.3 is 29.8 Å². The Hall–Kier alpha value is -4.40. The van der Waals surface area contributed by atoms with Crippen molar-refractivity contribution >= 4 is 11.8 Å². The number of nitrogens with zero attached hydrogens (tertiary/aromatic N) is 1. The summed E-state index contributed by atoms with van der Waals surface area (Å²) < 4.78 is 10.9. The Morgan fingerprint density at radius 2 is 1.66 bits per heavy atom. The molecule has 8 nitrogen and oxygen atoms in total. The van der Waals surface area contributed by atoms with Crippen LogP contribution in [0.3, 0.4) is 0 Å². The van der Waals surface area contributed by atoms with Gasteiger partial charge in [0.2, 0.25) is 0 Å². The molecule has 4 aromatic rings. The predicted octanol–water partition coefficient (Wildman–Crippen LogP) is 4.36. The molecule has 3 N–H and O–H groups in total. The van der Waals surface area contributed by atoms with E-state index in [2.05, 4.69) is 10.6 Å². The molecule has 0 aliphatic heterocycles. The Balaban J connectivity index is 1.42. The van der Waals surface area contributed by atoms with E-state index in [0.29, 0.717) is 36.4 Å². The van der Waals surface area contributed by atoms with Gasteiger partial charge >= 0.3 is 0 Å². The Morgan fingerprint density at radius 3 is 2.39 bits per heavy atom. The lowest BCUT2D eigenvalue weighted by molar-refractivity contribution is 0.0775. The number of hydrogen-bond donors (Lipinski definition) is 3. The number of aliphatic hydroxyl groups excluding tert-OH is 1. The monoisotopic (exact) mass is 555 g/mol. The summed E-state index contributed by atoms with van der Waals surface area (Å²) in [7, 11) is 3.32. The summed E-state index contributed by atoms with van der Waals surface area (Å²) in [6.45, 7) is 2.98. The molecule has 0 fully saturated rings. The summed E-state index contributed by atoms with van der Waals surface area (Å²) in [5.41, 5.74) is 2.74. The minimum absolute atomic E-state index is 0.226. The summed E-state index contributed by atoms with van der Waals surface area (Å²) in [4.78, 5) is 28.0. The molecule has 0 aliphatic carbocycles. The number of aryl methyl sites for hydroxylation is 1. The Kier molecular flexibility index (Phi) is 10.3. The van der Waals surface area contributed by atoms with Crippen LogP contribution in [0.5, 0.6) is 5.75 Å². The molecule has 0 spiro atoms. The first-order valence-corrected chi connectivity index (χ1v) is 13.6. The highest BCUT2D eigenvalue weighted by Gasteiger charge is 2.23. The smallest absolute Gasteiger partial charge is 0.254 e. The quantitative estimate of drug-likeness (QED) is 0.227. The van der Waals surface area contributed by atoms with Crippen molar-refractivity contribution in [2.24, 2.45) is 0 Å². The fourth-order valence-electron chi connectivity index (χ4n) is 4.58. The van der Waals surface area contributed by atoms with Crippen LogP contribution < -0.4 is 15.4 Å². The van der Waals surface area contributed by atoms with Gasteiger partial charge in [-0.15, -0.1) is 0 Å². The number of furan rings is 1. The first-order valence-electron chi connectivity index (χ1n) is 13.6. The first kappa shape index (κ1) is 29.6. The normalized spacial score (nSPS) is 12.4. The summed E-state index contributed by atoms with van der Waals surface area (Å²) in [5.74, 6) is 1.64. The maximum absolute atomic E-state index is 13.4. The highest BCUT2D eigenvalue weighted by atomic mass is 16.5. The third-order valence-corrected chi connectivity index (χ3v) is 6.80. The molecular formula is C33H37N3O5. The third kappa shape index (κ3) is 8.54.